The van der Waals surface area contributed by atoms with Gasteiger partial charge in [0.25, 0.3) is 5.91 Å². The van der Waals surface area contributed by atoms with Crippen LogP contribution in [0.1, 0.15) is 20.8 Å². The number of benzene rings is 2. The molecule has 0 bridgehead atoms. The SMILES string of the molecule is CC(C)NC(=O)NC(=O)[C@@H](C)OC(=O)COc1ccc(Nc2ccccc2)cc1. The monoisotopic (exact) mass is 399 g/mol. The number of esters is 1. The van der Waals surface area contributed by atoms with E-state index in [1.54, 1.807) is 26.0 Å². The standard InChI is InChI=1S/C21H25N3O5/c1-14(2)22-21(27)24-20(26)15(3)29-19(25)13-28-18-11-9-17(10-12-18)23-16-7-5-4-6-8-16/h4-12,14-15,23H,13H2,1-3H3,(H2,22,24,26,27)/t15-/m1/s1. The van der Waals surface area contributed by atoms with Gasteiger partial charge in [-0.15, -0.1) is 0 Å². The van der Waals surface area contributed by atoms with Crippen molar-refractivity contribution in [3.63, 3.8) is 0 Å². The maximum Gasteiger partial charge on any atom is 0.344 e. The fraction of sp³-hybridized carbons (Fsp3) is 0.286. The normalized spacial score (nSPS) is 11.3. The number of ether oxygens (including phenoxy) is 2. The van der Waals surface area contributed by atoms with Crippen molar-refractivity contribution in [2.75, 3.05) is 11.9 Å². The maximum absolute atomic E-state index is 11.9. The zero-order valence-electron chi connectivity index (χ0n) is 16.6. The van der Waals surface area contributed by atoms with Crippen molar-refractivity contribution in [2.24, 2.45) is 0 Å². The Morgan fingerprint density at radius 2 is 1.52 bits per heavy atom. The smallest absolute Gasteiger partial charge is 0.344 e. The van der Waals surface area contributed by atoms with Crippen molar-refractivity contribution in [2.45, 2.75) is 32.9 Å². The van der Waals surface area contributed by atoms with Gasteiger partial charge in [0.05, 0.1) is 0 Å². The van der Waals surface area contributed by atoms with Gasteiger partial charge >= 0.3 is 12.0 Å². The molecule has 0 aliphatic rings. The van der Waals surface area contributed by atoms with Gasteiger partial charge in [0.15, 0.2) is 12.7 Å². The topological polar surface area (TPSA) is 106 Å². The number of hydrogen-bond acceptors (Lipinski definition) is 6. The Morgan fingerprint density at radius 1 is 0.897 bits per heavy atom. The van der Waals surface area contributed by atoms with Crippen molar-refractivity contribution < 1.29 is 23.9 Å². The highest BCUT2D eigenvalue weighted by Crippen LogP contribution is 2.19. The van der Waals surface area contributed by atoms with Crippen LogP contribution in [0.15, 0.2) is 54.6 Å². The highest BCUT2D eigenvalue weighted by molar-refractivity contribution is 5.97. The van der Waals surface area contributed by atoms with Crippen molar-refractivity contribution in [1.82, 2.24) is 10.6 Å². The van der Waals surface area contributed by atoms with E-state index in [4.69, 9.17) is 9.47 Å². The molecule has 3 amide bonds. The summed E-state index contributed by atoms with van der Waals surface area (Å²) in [6.45, 7) is 4.53. The lowest BCUT2D eigenvalue weighted by Gasteiger charge is -2.14. The number of anilines is 2. The number of nitrogens with one attached hydrogen (secondary N) is 3. The molecule has 0 unspecified atom stereocenters. The van der Waals surface area contributed by atoms with Gasteiger partial charge in [-0.05, 0) is 57.2 Å². The largest absolute Gasteiger partial charge is 0.482 e. The summed E-state index contributed by atoms with van der Waals surface area (Å²) in [5.74, 6) is -0.953. The minimum atomic E-state index is -1.12. The lowest BCUT2D eigenvalue weighted by atomic mass is 10.2. The van der Waals surface area contributed by atoms with Crippen LogP contribution in [0.4, 0.5) is 16.2 Å². The second-order valence-electron chi connectivity index (χ2n) is 6.55. The van der Waals surface area contributed by atoms with E-state index < -0.39 is 24.0 Å². The summed E-state index contributed by atoms with van der Waals surface area (Å²) >= 11 is 0. The first-order chi connectivity index (χ1) is 13.8. The summed E-state index contributed by atoms with van der Waals surface area (Å²) in [7, 11) is 0. The first-order valence-corrected chi connectivity index (χ1v) is 9.19. The molecular weight excluding hydrogens is 374 g/mol. The first kappa shape index (κ1) is 21.7. The Kier molecular flexibility index (Phi) is 8.02. The highest BCUT2D eigenvalue weighted by Gasteiger charge is 2.20. The number of imide groups is 1. The molecule has 0 aliphatic heterocycles. The van der Waals surface area contributed by atoms with Crippen LogP contribution < -0.4 is 20.7 Å². The second kappa shape index (κ2) is 10.7. The Morgan fingerprint density at radius 3 is 2.14 bits per heavy atom. The van der Waals surface area contributed by atoms with Gasteiger partial charge in [-0.2, -0.15) is 0 Å². The molecule has 3 N–H and O–H groups in total. The van der Waals surface area contributed by atoms with Crippen LogP contribution in [-0.4, -0.2) is 36.7 Å². The van der Waals surface area contributed by atoms with E-state index in [0.717, 1.165) is 11.4 Å². The van der Waals surface area contributed by atoms with E-state index in [1.165, 1.54) is 6.92 Å². The molecule has 2 aromatic rings. The van der Waals surface area contributed by atoms with E-state index in [9.17, 15) is 14.4 Å². The maximum atomic E-state index is 11.9. The van der Waals surface area contributed by atoms with Crippen LogP contribution in [0.5, 0.6) is 5.75 Å². The quantitative estimate of drug-likeness (QED) is 0.590. The Hall–Kier alpha value is -3.55. The minimum Gasteiger partial charge on any atom is -0.482 e. The third-order valence-corrected chi connectivity index (χ3v) is 3.61. The minimum absolute atomic E-state index is 0.122. The Labute approximate surface area is 169 Å². The van der Waals surface area contributed by atoms with Gasteiger partial charge in [0, 0.05) is 17.4 Å². The molecule has 0 radical (unpaired) electrons. The molecular formula is C21H25N3O5. The van der Waals surface area contributed by atoms with Crippen molar-refractivity contribution in [1.29, 1.82) is 0 Å². The summed E-state index contributed by atoms with van der Waals surface area (Å²) < 4.78 is 10.3. The fourth-order valence-electron chi connectivity index (χ4n) is 2.26. The van der Waals surface area contributed by atoms with Crippen LogP contribution in [0.3, 0.4) is 0 Å². The third kappa shape index (κ3) is 7.92. The Bertz CT molecular complexity index is 822. The summed E-state index contributed by atoms with van der Waals surface area (Å²) in [4.78, 5) is 35.2. The second-order valence-corrected chi connectivity index (χ2v) is 6.55. The van der Waals surface area contributed by atoms with E-state index in [-0.39, 0.29) is 12.6 Å². The van der Waals surface area contributed by atoms with Crippen molar-refractivity contribution >= 4 is 29.3 Å². The molecule has 2 rings (SSSR count). The van der Waals surface area contributed by atoms with E-state index in [0.29, 0.717) is 5.75 Å². The fourth-order valence-corrected chi connectivity index (χ4v) is 2.26. The average Bonchev–Trinajstić information content (AvgIpc) is 2.67. The summed E-state index contributed by atoms with van der Waals surface area (Å²) in [6.07, 6.45) is -1.12. The molecule has 29 heavy (non-hydrogen) atoms. The van der Waals surface area contributed by atoms with Crippen LogP contribution in [-0.2, 0) is 14.3 Å². The van der Waals surface area contributed by atoms with Crippen LogP contribution in [0.2, 0.25) is 0 Å². The number of para-hydroxylation sites is 1. The summed E-state index contributed by atoms with van der Waals surface area (Å²) in [6, 6.07) is 16.0. The van der Waals surface area contributed by atoms with Gasteiger partial charge in [-0.25, -0.2) is 9.59 Å². The molecule has 0 heterocycles. The molecule has 0 saturated heterocycles. The third-order valence-electron chi connectivity index (χ3n) is 3.61. The summed E-state index contributed by atoms with van der Waals surface area (Å²) in [5.41, 5.74) is 1.83. The predicted octanol–water partition coefficient (Wildman–Crippen LogP) is 2.97. The zero-order chi connectivity index (χ0) is 21.2. The molecule has 0 aromatic heterocycles. The van der Waals surface area contributed by atoms with E-state index in [2.05, 4.69) is 16.0 Å². The number of hydrogen-bond donors (Lipinski definition) is 3. The van der Waals surface area contributed by atoms with Crippen molar-refractivity contribution in [3.05, 3.63) is 54.6 Å². The average molecular weight is 399 g/mol. The predicted molar refractivity (Wildman–Crippen MR) is 109 cm³/mol. The van der Waals surface area contributed by atoms with E-state index in [1.807, 2.05) is 42.5 Å². The van der Waals surface area contributed by atoms with Gasteiger partial charge in [0.2, 0.25) is 0 Å². The zero-order valence-corrected chi connectivity index (χ0v) is 16.6. The van der Waals surface area contributed by atoms with Crippen LogP contribution >= 0.6 is 0 Å². The van der Waals surface area contributed by atoms with E-state index >= 15 is 0 Å². The van der Waals surface area contributed by atoms with Gasteiger partial charge in [0.1, 0.15) is 5.75 Å². The molecule has 0 fully saturated rings. The lowest BCUT2D eigenvalue weighted by molar-refractivity contribution is -0.156. The molecule has 2 aromatic carbocycles. The van der Waals surface area contributed by atoms with Gasteiger partial charge < -0.3 is 20.1 Å². The molecule has 154 valence electrons. The number of rotatable bonds is 8. The number of carbonyl (C=O) groups excluding carboxylic acids is 3. The van der Waals surface area contributed by atoms with Crippen molar-refractivity contribution in [3.8, 4) is 5.75 Å². The summed E-state index contributed by atoms with van der Waals surface area (Å²) in [5, 5.41) is 7.85. The van der Waals surface area contributed by atoms with Gasteiger partial charge in [-0.1, -0.05) is 18.2 Å². The molecule has 8 nitrogen and oxygen atoms in total. The first-order valence-electron chi connectivity index (χ1n) is 9.19. The number of urea groups is 1. The van der Waals surface area contributed by atoms with Gasteiger partial charge in [-0.3, -0.25) is 10.1 Å². The number of carbonyl (C=O) groups is 3. The molecule has 0 saturated carbocycles. The molecule has 1 atom stereocenters. The highest BCUT2D eigenvalue weighted by atomic mass is 16.6. The Balaban J connectivity index is 1.75. The van der Waals surface area contributed by atoms with Crippen LogP contribution in [0.25, 0.3) is 0 Å². The molecule has 0 spiro atoms. The van der Waals surface area contributed by atoms with Crippen LogP contribution in [0, 0.1) is 0 Å². The molecule has 0 aliphatic carbocycles. The lowest BCUT2D eigenvalue weighted by Crippen LogP contribution is -2.46. The molecule has 8 heteroatoms. The number of amides is 3.